The molecule has 3 amide bonds. The first-order valence-electron chi connectivity index (χ1n) is 10.5. The van der Waals surface area contributed by atoms with Crippen LogP contribution in [0, 0.1) is 0 Å². The zero-order valence-corrected chi connectivity index (χ0v) is 19.4. The number of hydrogen-bond donors (Lipinski definition) is 3. The van der Waals surface area contributed by atoms with Gasteiger partial charge in [0.05, 0.1) is 0 Å². The number of rotatable bonds is 9. The zero-order valence-electron chi connectivity index (χ0n) is 18.7. The summed E-state index contributed by atoms with van der Waals surface area (Å²) in [5.41, 5.74) is 2.08. The molecule has 0 aliphatic carbocycles. The van der Waals surface area contributed by atoms with Crippen molar-refractivity contribution in [1.82, 2.24) is 10.6 Å². The summed E-state index contributed by atoms with van der Waals surface area (Å²) in [4.78, 5) is 35.6. The number of nitrogens with one attached hydrogen (secondary N) is 3. The quantitative estimate of drug-likeness (QED) is 0.516. The fraction of sp³-hybridized carbons (Fsp3) is 0.375. The summed E-state index contributed by atoms with van der Waals surface area (Å²) in [5, 5.41) is 8.88. The van der Waals surface area contributed by atoms with Crippen LogP contribution < -0.4 is 16.0 Å². The molecular formula is C24H30ClN3O4. The van der Waals surface area contributed by atoms with E-state index in [1.165, 1.54) is 0 Å². The summed E-state index contributed by atoms with van der Waals surface area (Å²) >= 11 is 5.86. The number of aryl methyl sites for hydroxylation is 1. The number of benzene rings is 2. The molecule has 172 valence electrons. The summed E-state index contributed by atoms with van der Waals surface area (Å²) in [6, 6.07) is 14.7. The predicted molar refractivity (Wildman–Crippen MR) is 126 cm³/mol. The topological polar surface area (TPSA) is 96.5 Å². The number of alkyl carbamates (subject to hydrolysis) is 1. The monoisotopic (exact) mass is 459 g/mol. The van der Waals surface area contributed by atoms with Gasteiger partial charge in [-0.1, -0.05) is 35.9 Å². The minimum atomic E-state index is -0.575. The Balaban J connectivity index is 1.66. The van der Waals surface area contributed by atoms with Crippen LogP contribution in [0.4, 0.5) is 10.5 Å². The van der Waals surface area contributed by atoms with E-state index in [-0.39, 0.29) is 24.8 Å². The lowest BCUT2D eigenvalue weighted by molar-refractivity contribution is -0.121. The Morgan fingerprint density at radius 1 is 0.844 bits per heavy atom. The maximum absolute atomic E-state index is 12.1. The molecule has 2 aromatic rings. The number of carbonyl (C=O) groups excluding carboxylic acids is 3. The summed E-state index contributed by atoms with van der Waals surface area (Å²) in [7, 11) is 0. The molecule has 0 atom stereocenters. The Morgan fingerprint density at radius 2 is 1.47 bits per heavy atom. The van der Waals surface area contributed by atoms with Crippen LogP contribution >= 0.6 is 11.6 Å². The molecule has 3 N–H and O–H groups in total. The lowest BCUT2D eigenvalue weighted by Crippen LogP contribution is -2.35. The number of ether oxygens (including phenoxy) is 1. The molecule has 32 heavy (non-hydrogen) atoms. The van der Waals surface area contributed by atoms with E-state index in [0.717, 1.165) is 11.1 Å². The van der Waals surface area contributed by atoms with Crippen molar-refractivity contribution in [3.05, 3.63) is 64.7 Å². The molecule has 0 radical (unpaired) electrons. The van der Waals surface area contributed by atoms with Crippen molar-refractivity contribution in [2.24, 2.45) is 0 Å². The van der Waals surface area contributed by atoms with Crippen LogP contribution in [0.15, 0.2) is 48.5 Å². The van der Waals surface area contributed by atoms with E-state index in [1.807, 2.05) is 36.4 Å². The van der Waals surface area contributed by atoms with E-state index < -0.39 is 11.7 Å². The SMILES string of the molecule is CC(C)(C)OC(=O)NCCC(=O)NCc1ccc(NC(=O)CCc2ccc(Cl)cc2)cc1. The molecule has 0 aliphatic heterocycles. The maximum atomic E-state index is 12.1. The molecule has 0 fully saturated rings. The minimum Gasteiger partial charge on any atom is -0.444 e. The molecule has 0 unspecified atom stereocenters. The molecule has 0 aromatic heterocycles. The Kier molecular flexibility index (Phi) is 9.53. The smallest absolute Gasteiger partial charge is 0.407 e. The highest BCUT2D eigenvalue weighted by Crippen LogP contribution is 2.13. The van der Waals surface area contributed by atoms with Crippen LogP contribution in [-0.2, 0) is 27.3 Å². The third kappa shape index (κ3) is 10.3. The van der Waals surface area contributed by atoms with E-state index >= 15 is 0 Å². The molecular weight excluding hydrogens is 430 g/mol. The van der Waals surface area contributed by atoms with Gasteiger partial charge in [-0.3, -0.25) is 9.59 Å². The number of amides is 3. The molecule has 0 saturated heterocycles. The molecule has 2 aromatic carbocycles. The Labute approximate surface area is 193 Å². The maximum Gasteiger partial charge on any atom is 0.407 e. The highest BCUT2D eigenvalue weighted by Gasteiger charge is 2.15. The van der Waals surface area contributed by atoms with Crippen LogP contribution in [0.3, 0.4) is 0 Å². The third-order valence-corrected chi connectivity index (χ3v) is 4.55. The van der Waals surface area contributed by atoms with Gasteiger partial charge in [0.2, 0.25) is 11.8 Å². The van der Waals surface area contributed by atoms with Gasteiger partial charge in [0.25, 0.3) is 0 Å². The normalized spacial score (nSPS) is 10.9. The van der Waals surface area contributed by atoms with Crippen molar-refractivity contribution in [1.29, 1.82) is 0 Å². The van der Waals surface area contributed by atoms with Crippen LogP contribution in [0.2, 0.25) is 5.02 Å². The first-order valence-corrected chi connectivity index (χ1v) is 10.9. The van der Waals surface area contributed by atoms with Gasteiger partial charge in [0.15, 0.2) is 0 Å². The molecule has 7 nitrogen and oxygen atoms in total. The first-order chi connectivity index (χ1) is 15.1. The number of halogens is 1. The molecule has 0 aliphatic rings. The van der Waals surface area contributed by atoms with Gasteiger partial charge in [0, 0.05) is 36.6 Å². The van der Waals surface area contributed by atoms with Gasteiger partial charge < -0.3 is 20.7 Å². The number of anilines is 1. The Bertz CT molecular complexity index is 906. The standard InChI is InChI=1S/C24H30ClN3O4/c1-24(2,3)32-23(31)26-15-14-21(29)27-16-18-6-11-20(12-7-18)28-22(30)13-8-17-4-9-19(25)10-5-17/h4-7,9-12H,8,13-16H2,1-3H3,(H,26,31)(H,27,29)(H,28,30). The molecule has 0 saturated carbocycles. The Morgan fingerprint density at radius 3 is 2.09 bits per heavy atom. The van der Waals surface area contributed by atoms with E-state index in [0.29, 0.717) is 30.1 Å². The first kappa shape index (κ1) is 25.2. The lowest BCUT2D eigenvalue weighted by Gasteiger charge is -2.19. The Hall–Kier alpha value is -3.06. The summed E-state index contributed by atoms with van der Waals surface area (Å²) in [6.07, 6.45) is 0.615. The average Bonchev–Trinajstić information content (AvgIpc) is 2.71. The molecule has 0 heterocycles. The second-order valence-corrected chi connectivity index (χ2v) is 8.76. The summed E-state index contributed by atoms with van der Waals surface area (Å²) in [5.74, 6) is -0.251. The highest BCUT2D eigenvalue weighted by atomic mass is 35.5. The second-order valence-electron chi connectivity index (χ2n) is 8.33. The average molecular weight is 460 g/mol. The predicted octanol–water partition coefficient (Wildman–Crippen LogP) is 4.44. The van der Waals surface area contributed by atoms with Gasteiger partial charge in [-0.2, -0.15) is 0 Å². The van der Waals surface area contributed by atoms with E-state index in [4.69, 9.17) is 16.3 Å². The fourth-order valence-electron chi connectivity index (χ4n) is 2.72. The van der Waals surface area contributed by atoms with Gasteiger partial charge in [-0.05, 0) is 62.6 Å². The number of hydrogen-bond acceptors (Lipinski definition) is 4. The van der Waals surface area contributed by atoms with Gasteiger partial charge >= 0.3 is 6.09 Å². The largest absolute Gasteiger partial charge is 0.444 e. The summed E-state index contributed by atoms with van der Waals surface area (Å²) < 4.78 is 5.11. The fourth-order valence-corrected chi connectivity index (χ4v) is 2.85. The van der Waals surface area contributed by atoms with E-state index in [1.54, 1.807) is 32.9 Å². The van der Waals surface area contributed by atoms with Crippen molar-refractivity contribution in [3.8, 4) is 0 Å². The van der Waals surface area contributed by atoms with E-state index in [9.17, 15) is 14.4 Å². The summed E-state index contributed by atoms with van der Waals surface area (Å²) in [6.45, 7) is 5.88. The molecule has 8 heteroatoms. The molecule has 0 bridgehead atoms. The lowest BCUT2D eigenvalue weighted by atomic mass is 10.1. The zero-order chi connectivity index (χ0) is 23.6. The minimum absolute atomic E-state index is 0.0708. The van der Waals surface area contributed by atoms with Crippen LogP contribution in [0.25, 0.3) is 0 Å². The van der Waals surface area contributed by atoms with Gasteiger partial charge in [0.1, 0.15) is 5.60 Å². The molecule has 2 rings (SSSR count). The highest BCUT2D eigenvalue weighted by molar-refractivity contribution is 6.30. The van der Waals surface area contributed by atoms with Gasteiger partial charge in [-0.15, -0.1) is 0 Å². The third-order valence-electron chi connectivity index (χ3n) is 4.30. The number of carbonyl (C=O) groups is 3. The van der Waals surface area contributed by atoms with Crippen LogP contribution in [0.5, 0.6) is 0 Å². The van der Waals surface area contributed by atoms with Crippen molar-refractivity contribution in [2.75, 3.05) is 11.9 Å². The molecule has 0 spiro atoms. The van der Waals surface area contributed by atoms with Crippen molar-refractivity contribution in [3.63, 3.8) is 0 Å². The second kappa shape index (κ2) is 12.1. The van der Waals surface area contributed by atoms with E-state index in [2.05, 4.69) is 16.0 Å². The van der Waals surface area contributed by atoms with Gasteiger partial charge in [-0.25, -0.2) is 4.79 Å². The van der Waals surface area contributed by atoms with Crippen molar-refractivity contribution in [2.45, 2.75) is 52.2 Å². The van der Waals surface area contributed by atoms with Crippen LogP contribution in [-0.4, -0.2) is 30.1 Å². The van der Waals surface area contributed by atoms with Crippen LogP contribution in [0.1, 0.15) is 44.7 Å². The van der Waals surface area contributed by atoms with Crippen molar-refractivity contribution < 1.29 is 19.1 Å². The van der Waals surface area contributed by atoms with Crippen molar-refractivity contribution >= 4 is 35.2 Å².